The Hall–Kier alpha value is -2.87. The van der Waals surface area contributed by atoms with Gasteiger partial charge < -0.3 is 14.2 Å². The van der Waals surface area contributed by atoms with E-state index in [1.807, 2.05) is 32.9 Å². The molecule has 8 heteroatoms. The molecule has 0 N–H and O–H groups in total. The quantitative estimate of drug-likeness (QED) is 0.377. The SMILES string of the molecule is CCCc1nc2ccc(Br)cc2c(=O)n1N=Cc1cc(OC)c(O[C@@H](C)CC)c(OC)c1. The number of hydrogen-bond donors (Lipinski definition) is 0. The van der Waals surface area contributed by atoms with E-state index >= 15 is 0 Å². The number of nitrogens with zero attached hydrogens (tertiary/aromatic N) is 3. The first-order valence-corrected chi connectivity index (χ1v) is 11.4. The summed E-state index contributed by atoms with van der Waals surface area (Å²) in [6.07, 6.45) is 3.93. The lowest BCUT2D eigenvalue weighted by molar-refractivity contribution is 0.198. The van der Waals surface area contributed by atoms with Crippen LogP contribution < -0.4 is 19.8 Å². The number of halogens is 1. The zero-order valence-corrected chi connectivity index (χ0v) is 20.6. The Bertz CT molecular complexity index is 1160. The molecule has 0 amide bonds. The first kappa shape index (κ1) is 23.8. The number of aromatic nitrogens is 2. The molecule has 0 aliphatic rings. The molecule has 32 heavy (non-hydrogen) atoms. The minimum atomic E-state index is -0.216. The largest absolute Gasteiger partial charge is 0.493 e. The zero-order chi connectivity index (χ0) is 23.3. The van der Waals surface area contributed by atoms with Crippen LogP contribution in [0.4, 0.5) is 0 Å². The second-order valence-corrected chi connectivity index (χ2v) is 8.31. The molecule has 0 spiro atoms. The molecule has 0 aliphatic heterocycles. The topological polar surface area (TPSA) is 74.9 Å². The summed E-state index contributed by atoms with van der Waals surface area (Å²) in [4.78, 5) is 17.8. The normalized spacial score (nSPS) is 12.3. The third-order valence-electron chi connectivity index (χ3n) is 5.05. The Labute approximate surface area is 196 Å². The van der Waals surface area contributed by atoms with Gasteiger partial charge in [0.05, 0.1) is 37.4 Å². The van der Waals surface area contributed by atoms with Crippen LogP contribution in [0.25, 0.3) is 10.9 Å². The van der Waals surface area contributed by atoms with Crippen molar-refractivity contribution >= 4 is 33.0 Å². The molecular weight excluding hydrogens is 474 g/mol. The van der Waals surface area contributed by atoms with E-state index < -0.39 is 0 Å². The minimum absolute atomic E-state index is 0.00972. The summed E-state index contributed by atoms with van der Waals surface area (Å²) >= 11 is 3.42. The van der Waals surface area contributed by atoms with Crippen molar-refractivity contribution in [3.8, 4) is 17.2 Å². The maximum Gasteiger partial charge on any atom is 0.282 e. The molecule has 7 nitrogen and oxygen atoms in total. The monoisotopic (exact) mass is 501 g/mol. The van der Waals surface area contributed by atoms with Gasteiger partial charge in [0, 0.05) is 16.5 Å². The second kappa shape index (κ2) is 10.6. The van der Waals surface area contributed by atoms with Crippen molar-refractivity contribution in [2.24, 2.45) is 5.10 Å². The lowest BCUT2D eigenvalue weighted by Crippen LogP contribution is -2.22. The van der Waals surface area contributed by atoms with Gasteiger partial charge in [-0.15, -0.1) is 0 Å². The fourth-order valence-corrected chi connectivity index (χ4v) is 3.56. The fourth-order valence-electron chi connectivity index (χ4n) is 3.20. The molecule has 0 saturated heterocycles. The number of fused-ring (bicyclic) bond motifs is 1. The van der Waals surface area contributed by atoms with Gasteiger partial charge >= 0.3 is 0 Å². The molecule has 0 radical (unpaired) electrons. The number of methoxy groups -OCH3 is 2. The van der Waals surface area contributed by atoms with E-state index in [9.17, 15) is 4.79 Å². The van der Waals surface area contributed by atoms with Gasteiger partial charge in [-0.3, -0.25) is 4.79 Å². The molecule has 3 aromatic rings. The predicted molar refractivity (Wildman–Crippen MR) is 131 cm³/mol. The van der Waals surface area contributed by atoms with Crippen molar-refractivity contribution in [1.82, 2.24) is 9.66 Å². The van der Waals surface area contributed by atoms with Crippen LogP contribution in [0.2, 0.25) is 0 Å². The van der Waals surface area contributed by atoms with Crippen molar-refractivity contribution in [3.63, 3.8) is 0 Å². The van der Waals surface area contributed by atoms with E-state index in [1.54, 1.807) is 38.6 Å². The van der Waals surface area contributed by atoms with Gasteiger partial charge in [0.2, 0.25) is 5.75 Å². The highest BCUT2D eigenvalue weighted by Gasteiger charge is 2.16. The molecule has 1 heterocycles. The van der Waals surface area contributed by atoms with E-state index in [4.69, 9.17) is 14.2 Å². The highest BCUT2D eigenvalue weighted by Crippen LogP contribution is 2.39. The number of aryl methyl sites for hydroxylation is 1. The molecule has 3 rings (SSSR count). The smallest absolute Gasteiger partial charge is 0.282 e. The second-order valence-electron chi connectivity index (χ2n) is 7.39. The molecular formula is C24H28BrN3O4. The third kappa shape index (κ3) is 5.12. The van der Waals surface area contributed by atoms with Gasteiger partial charge in [0.1, 0.15) is 5.82 Å². The lowest BCUT2D eigenvalue weighted by atomic mass is 10.2. The van der Waals surface area contributed by atoms with Crippen LogP contribution in [0.1, 0.15) is 45.0 Å². The Morgan fingerprint density at radius 3 is 2.44 bits per heavy atom. The van der Waals surface area contributed by atoms with Gasteiger partial charge in [-0.2, -0.15) is 9.78 Å². The molecule has 1 atom stereocenters. The first-order valence-electron chi connectivity index (χ1n) is 10.6. The molecule has 2 aromatic carbocycles. The summed E-state index contributed by atoms with van der Waals surface area (Å²) in [5.41, 5.74) is 1.15. The highest BCUT2D eigenvalue weighted by molar-refractivity contribution is 9.10. The molecule has 0 fully saturated rings. The average molecular weight is 502 g/mol. The summed E-state index contributed by atoms with van der Waals surface area (Å²) in [6.45, 7) is 6.07. The van der Waals surface area contributed by atoms with Crippen LogP contribution in [-0.2, 0) is 6.42 Å². The van der Waals surface area contributed by atoms with Gasteiger partial charge in [0.15, 0.2) is 11.5 Å². The molecule has 0 unspecified atom stereocenters. The summed E-state index contributed by atoms with van der Waals surface area (Å²) in [5, 5.41) is 4.98. The van der Waals surface area contributed by atoms with E-state index in [-0.39, 0.29) is 11.7 Å². The molecule has 170 valence electrons. The Morgan fingerprint density at radius 2 is 1.84 bits per heavy atom. The maximum absolute atomic E-state index is 13.2. The fraction of sp³-hybridized carbons (Fsp3) is 0.375. The molecule has 0 bridgehead atoms. The summed E-state index contributed by atoms with van der Waals surface area (Å²) in [5.74, 6) is 2.22. The molecule has 0 aliphatic carbocycles. The van der Waals surface area contributed by atoms with Crippen molar-refractivity contribution in [1.29, 1.82) is 0 Å². The standard InChI is InChI=1S/C24H28BrN3O4/c1-6-8-22-27-19-10-9-17(25)13-18(19)24(29)28(22)26-14-16-11-20(30-4)23(21(12-16)31-5)32-15(3)7-2/h9-15H,6-8H2,1-5H3/t15-/m0/s1. The van der Waals surface area contributed by atoms with Crippen LogP contribution in [0.15, 0.2) is 44.7 Å². The lowest BCUT2D eigenvalue weighted by Gasteiger charge is -2.18. The van der Waals surface area contributed by atoms with E-state index in [2.05, 4.69) is 26.0 Å². The predicted octanol–water partition coefficient (Wildman–Crippen LogP) is 5.19. The van der Waals surface area contributed by atoms with Gasteiger partial charge in [0.25, 0.3) is 5.56 Å². The van der Waals surface area contributed by atoms with E-state index in [0.29, 0.717) is 46.0 Å². The summed E-state index contributed by atoms with van der Waals surface area (Å²) in [6, 6.07) is 9.08. The number of rotatable bonds is 9. The van der Waals surface area contributed by atoms with Crippen LogP contribution in [-0.4, -0.2) is 36.2 Å². The Balaban J connectivity index is 2.09. The number of hydrogen-bond acceptors (Lipinski definition) is 6. The average Bonchev–Trinajstić information content (AvgIpc) is 2.79. The van der Waals surface area contributed by atoms with Crippen molar-refractivity contribution < 1.29 is 14.2 Å². The first-order chi connectivity index (χ1) is 15.4. The van der Waals surface area contributed by atoms with Crippen LogP contribution in [0, 0.1) is 0 Å². The third-order valence-corrected chi connectivity index (χ3v) is 5.54. The summed E-state index contributed by atoms with van der Waals surface area (Å²) < 4.78 is 19.2. The maximum atomic E-state index is 13.2. The summed E-state index contributed by atoms with van der Waals surface area (Å²) in [7, 11) is 3.16. The van der Waals surface area contributed by atoms with Crippen LogP contribution in [0.5, 0.6) is 17.2 Å². The van der Waals surface area contributed by atoms with E-state index in [0.717, 1.165) is 17.3 Å². The number of ether oxygens (including phenoxy) is 3. The van der Waals surface area contributed by atoms with Crippen LogP contribution in [0.3, 0.4) is 0 Å². The van der Waals surface area contributed by atoms with Crippen molar-refractivity contribution in [2.75, 3.05) is 14.2 Å². The zero-order valence-electron chi connectivity index (χ0n) is 19.0. The molecule has 0 saturated carbocycles. The van der Waals surface area contributed by atoms with Gasteiger partial charge in [-0.25, -0.2) is 4.98 Å². The van der Waals surface area contributed by atoms with Crippen molar-refractivity contribution in [2.45, 2.75) is 46.1 Å². The van der Waals surface area contributed by atoms with E-state index in [1.165, 1.54) is 4.68 Å². The number of benzene rings is 2. The minimum Gasteiger partial charge on any atom is -0.493 e. The highest BCUT2D eigenvalue weighted by atomic mass is 79.9. The van der Waals surface area contributed by atoms with Gasteiger partial charge in [-0.05, 0) is 50.1 Å². The molecule has 1 aromatic heterocycles. The Kier molecular flexibility index (Phi) is 7.90. The van der Waals surface area contributed by atoms with Crippen molar-refractivity contribution in [3.05, 3.63) is 56.5 Å². The van der Waals surface area contributed by atoms with Crippen LogP contribution >= 0.6 is 15.9 Å². The Morgan fingerprint density at radius 1 is 1.16 bits per heavy atom. The van der Waals surface area contributed by atoms with Gasteiger partial charge in [-0.1, -0.05) is 29.8 Å².